The van der Waals surface area contributed by atoms with Gasteiger partial charge in [-0.2, -0.15) is 0 Å². The first-order valence-electron chi connectivity index (χ1n) is 12.8. The Kier molecular flexibility index (Phi) is 6.26. The van der Waals surface area contributed by atoms with Gasteiger partial charge in [0.25, 0.3) is 0 Å². The maximum Gasteiger partial charge on any atom is 0.414 e. The van der Waals surface area contributed by atoms with Crippen LogP contribution in [0, 0.1) is 0 Å². The van der Waals surface area contributed by atoms with E-state index in [0.29, 0.717) is 11.6 Å². The average Bonchev–Trinajstić information content (AvgIpc) is 3.22. The van der Waals surface area contributed by atoms with Crippen LogP contribution in [-0.2, 0) is 22.7 Å². The number of piperidine rings is 1. The average molecular weight is 517 g/mol. The molecule has 1 N–H and O–H groups in total. The summed E-state index contributed by atoms with van der Waals surface area (Å²) < 4.78 is 7.70. The second-order valence-electron chi connectivity index (χ2n) is 9.75. The molecular weight excluding hydrogens is 488 g/mol. The highest BCUT2D eigenvalue weighted by molar-refractivity contribution is 6.30. The van der Waals surface area contributed by atoms with E-state index in [-0.39, 0.29) is 24.6 Å². The van der Waals surface area contributed by atoms with Gasteiger partial charge in [0.2, 0.25) is 5.91 Å². The Hall–Kier alpha value is -3.55. The number of nitrogens with zero attached hydrogens (tertiary/aromatic N) is 3. The molecule has 0 unspecified atom stereocenters. The second kappa shape index (κ2) is 9.72. The molecule has 1 aromatic heterocycles. The molecule has 3 aromatic carbocycles. The van der Waals surface area contributed by atoms with Crippen molar-refractivity contribution in [3.8, 4) is 0 Å². The first-order chi connectivity index (χ1) is 18.0. The number of nitrogens with one attached hydrogen (secondary N) is 1. The summed E-state index contributed by atoms with van der Waals surface area (Å²) in [5, 5.41) is 6.06. The number of likely N-dealkylation sites (tertiary alicyclic amines) is 1. The molecule has 2 aliphatic heterocycles. The van der Waals surface area contributed by atoms with Gasteiger partial charge in [-0.25, -0.2) is 4.79 Å². The molecule has 0 spiro atoms. The Labute approximate surface area is 220 Å². The molecule has 3 heterocycles. The summed E-state index contributed by atoms with van der Waals surface area (Å²) in [5.74, 6) is -0.0330. The number of aromatic nitrogens is 1. The van der Waals surface area contributed by atoms with Gasteiger partial charge in [-0.3, -0.25) is 14.6 Å². The molecule has 0 radical (unpaired) electrons. The molecule has 4 aromatic rings. The third kappa shape index (κ3) is 4.43. The fourth-order valence-electron chi connectivity index (χ4n) is 5.77. The van der Waals surface area contributed by atoms with E-state index in [1.54, 1.807) is 4.90 Å². The lowest BCUT2D eigenvalue weighted by Crippen LogP contribution is -2.50. The lowest BCUT2D eigenvalue weighted by atomic mass is 10.0. The molecular formula is C29H29ClN4O3. The van der Waals surface area contributed by atoms with E-state index in [1.165, 1.54) is 16.4 Å². The molecule has 2 amide bonds. The van der Waals surface area contributed by atoms with E-state index in [2.05, 4.69) is 52.0 Å². The van der Waals surface area contributed by atoms with Gasteiger partial charge in [-0.05, 0) is 62.2 Å². The summed E-state index contributed by atoms with van der Waals surface area (Å²) in [7, 11) is 0. The van der Waals surface area contributed by atoms with Crippen LogP contribution in [0.15, 0.2) is 60.7 Å². The molecule has 0 atom stereocenters. The largest absolute Gasteiger partial charge is 0.444 e. The number of para-hydroxylation sites is 1. The van der Waals surface area contributed by atoms with Gasteiger partial charge in [0.05, 0.1) is 12.2 Å². The molecule has 190 valence electrons. The molecule has 1 saturated heterocycles. The van der Waals surface area contributed by atoms with Crippen LogP contribution in [0.5, 0.6) is 0 Å². The second-order valence-corrected chi connectivity index (χ2v) is 10.2. The van der Waals surface area contributed by atoms with Crippen molar-refractivity contribution < 1.29 is 14.3 Å². The SMILES string of the molecule is CCn1c2ccccc2c2cc(NC(=O)CN3CCC(N4C(=O)OCc5cc(Cl)ccc54)CC3)ccc21. The van der Waals surface area contributed by atoms with Crippen molar-refractivity contribution in [2.24, 2.45) is 0 Å². The van der Waals surface area contributed by atoms with Gasteiger partial charge < -0.3 is 14.6 Å². The molecule has 0 saturated carbocycles. The van der Waals surface area contributed by atoms with Crippen LogP contribution in [0.25, 0.3) is 21.8 Å². The summed E-state index contributed by atoms with van der Waals surface area (Å²) in [6.45, 7) is 5.06. The van der Waals surface area contributed by atoms with Gasteiger partial charge >= 0.3 is 6.09 Å². The van der Waals surface area contributed by atoms with E-state index in [4.69, 9.17) is 16.3 Å². The van der Waals surface area contributed by atoms with Crippen molar-refractivity contribution >= 4 is 56.8 Å². The zero-order chi connectivity index (χ0) is 25.5. The number of hydrogen-bond acceptors (Lipinski definition) is 4. The fourth-order valence-corrected chi connectivity index (χ4v) is 5.96. The first kappa shape index (κ1) is 23.8. The van der Waals surface area contributed by atoms with Crippen LogP contribution in [0.3, 0.4) is 0 Å². The monoisotopic (exact) mass is 516 g/mol. The number of carbonyl (C=O) groups is 2. The van der Waals surface area contributed by atoms with Crippen molar-refractivity contribution in [1.82, 2.24) is 9.47 Å². The number of benzene rings is 3. The minimum absolute atomic E-state index is 0.0327. The lowest BCUT2D eigenvalue weighted by Gasteiger charge is -2.40. The number of anilines is 2. The summed E-state index contributed by atoms with van der Waals surface area (Å²) in [6.07, 6.45) is 1.23. The van der Waals surface area contributed by atoms with Crippen LogP contribution in [0.2, 0.25) is 5.02 Å². The zero-order valence-corrected chi connectivity index (χ0v) is 21.5. The number of fused-ring (bicyclic) bond motifs is 4. The number of carbonyl (C=O) groups excluding carboxylic acids is 2. The van der Waals surface area contributed by atoms with Crippen LogP contribution in [-0.4, -0.2) is 47.1 Å². The highest BCUT2D eigenvalue weighted by Crippen LogP contribution is 2.34. The van der Waals surface area contributed by atoms with E-state index in [0.717, 1.165) is 54.8 Å². The highest BCUT2D eigenvalue weighted by atomic mass is 35.5. The molecule has 6 rings (SSSR count). The molecule has 8 heteroatoms. The molecule has 7 nitrogen and oxygen atoms in total. The number of amides is 2. The van der Waals surface area contributed by atoms with Crippen molar-refractivity contribution in [2.45, 2.75) is 39.0 Å². The van der Waals surface area contributed by atoms with Crippen LogP contribution in [0.1, 0.15) is 25.3 Å². The minimum Gasteiger partial charge on any atom is -0.444 e. The minimum atomic E-state index is -0.314. The summed E-state index contributed by atoms with van der Waals surface area (Å²) in [6, 6.07) is 20.1. The third-order valence-corrected chi connectivity index (χ3v) is 7.75. The van der Waals surface area contributed by atoms with E-state index in [1.807, 2.05) is 30.3 Å². The highest BCUT2D eigenvalue weighted by Gasteiger charge is 2.34. The standard InChI is InChI=1S/C29H29ClN4O3/c1-2-33-26-6-4-3-5-23(26)24-16-21(8-10-27(24)33)31-28(35)17-32-13-11-22(12-14-32)34-25-9-7-20(30)15-19(25)18-37-29(34)36/h3-10,15-16,22H,2,11-14,17-18H2,1H3,(H,31,35). The number of cyclic esters (lactones) is 1. The molecule has 0 bridgehead atoms. The third-order valence-electron chi connectivity index (χ3n) is 7.51. The predicted octanol–water partition coefficient (Wildman–Crippen LogP) is 6.03. The fraction of sp³-hybridized carbons (Fsp3) is 0.310. The van der Waals surface area contributed by atoms with E-state index < -0.39 is 0 Å². The van der Waals surface area contributed by atoms with Crippen molar-refractivity contribution in [2.75, 3.05) is 29.9 Å². The Morgan fingerprint density at radius 2 is 1.81 bits per heavy atom. The number of hydrogen-bond donors (Lipinski definition) is 1. The molecule has 0 aliphatic carbocycles. The Balaban J connectivity index is 1.11. The van der Waals surface area contributed by atoms with Gasteiger partial charge in [-0.15, -0.1) is 0 Å². The van der Waals surface area contributed by atoms with Crippen LogP contribution in [0.4, 0.5) is 16.2 Å². The van der Waals surface area contributed by atoms with Gasteiger partial charge in [0.15, 0.2) is 0 Å². The van der Waals surface area contributed by atoms with Crippen LogP contribution < -0.4 is 10.2 Å². The number of ether oxygens (including phenoxy) is 1. The normalized spacial score (nSPS) is 16.7. The van der Waals surface area contributed by atoms with E-state index >= 15 is 0 Å². The number of halogens is 1. The molecule has 37 heavy (non-hydrogen) atoms. The Morgan fingerprint density at radius 3 is 2.62 bits per heavy atom. The maximum absolute atomic E-state index is 12.9. The molecule has 2 aliphatic rings. The Morgan fingerprint density at radius 1 is 1.03 bits per heavy atom. The number of aryl methyl sites for hydroxylation is 1. The quantitative estimate of drug-likeness (QED) is 0.352. The van der Waals surface area contributed by atoms with E-state index in [9.17, 15) is 9.59 Å². The first-order valence-corrected chi connectivity index (χ1v) is 13.2. The van der Waals surface area contributed by atoms with Crippen LogP contribution >= 0.6 is 11.6 Å². The van der Waals surface area contributed by atoms with Gasteiger partial charge in [0, 0.05) is 63.8 Å². The predicted molar refractivity (Wildman–Crippen MR) is 147 cm³/mol. The zero-order valence-electron chi connectivity index (χ0n) is 20.7. The maximum atomic E-state index is 12.9. The summed E-state index contributed by atoms with van der Waals surface area (Å²) in [5.41, 5.74) is 4.97. The number of rotatable bonds is 5. The van der Waals surface area contributed by atoms with Gasteiger partial charge in [-0.1, -0.05) is 29.8 Å². The van der Waals surface area contributed by atoms with Crippen molar-refractivity contribution in [3.63, 3.8) is 0 Å². The summed E-state index contributed by atoms with van der Waals surface area (Å²) in [4.78, 5) is 29.4. The van der Waals surface area contributed by atoms with Crippen molar-refractivity contribution in [3.05, 3.63) is 71.2 Å². The van der Waals surface area contributed by atoms with Crippen molar-refractivity contribution in [1.29, 1.82) is 0 Å². The topological polar surface area (TPSA) is 66.8 Å². The molecule has 1 fully saturated rings. The summed E-state index contributed by atoms with van der Waals surface area (Å²) >= 11 is 6.13. The Bertz CT molecular complexity index is 1510. The lowest BCUT2D eigenvalue weighted by molar-refractivity contribution is -0.117. The van der Waals surface area contributed by atoms with Gasteiger partial charge in [0.1, 0.15) is 6.61 Å². The smallest absolute Gasteiger partial charge is 0.414 e.